The van der Waals surface area contributed by atoms with Gasteiger partial charge in [0.05, 0.1) is 0 Å². The van der Waals surface area contributed by atoms with Crippen molar-refractivity contribution in [1.29, 1.82) is 0 Å². The predicted octanol–water partition coefficient (Wildman–Crippen LogP) is 3.55. The van der Waals surface area contributed by atoms with Crippen molar-refractivity contribution in [2.75, 3.05) is 13.6 Å². The molecule has 1 N–H and O–H groups in total. The molecule has 0 saturated heterocycles. The highest BCUT2D eigenvalue weighted by molar-refractivity contribution is 4.84. The van der Waals surface area contributed by atoms with E-state index in [-0.39, 0.29) is 0 Å². The van der Waals surface area contributed by atoms with Gasteiger partial charge in [-0.1, -0.05) is 41.5 Å². The summed E-state index contributed by atoms with van der Waals surface area (Å²) in [5.41, 5.74) is 0. The van der Waals surface area contributed by atoms with E-state index < -0.39 is 0 Å². The summed E-state index contributed by atoms with van der Waals surface area (Å²) in [6, 6.07) is 0. The zero-order valence-corrected chi connectivity index (χ0v) is 10.6. The van der Waals surface area contributed by atoms with E-state index in [2.05, 4.69) is 19.2 Å². The monoisotopic (exact) mass is 187 g/mol. The van der Waals surface area contributed by atoms with Gasteiger partial charge < -0.3 is 5.32 Å². The average molecular weight is 187 g/mol. The third-order valence-electron chi connectivity index (χ3n) is 2.78. The molecule has 1 fully saturated rings. The molecule has 0 aromatic heterocycles. The van der Waals surface area contributed by atoms with Gasteiger partial charge in [0.15, 0.2) is 0 Å². The van der Waals surface area contributed by atoms with Crippen molar-refractivity contribution < 1.29 is 0 Å². The lowest BCUT2D eigenvalue weighted by Gasteiger charge is -2.40. The van der Waals surface area contributed by atoms with Gasteiger partial charge in [0.1, 0.15) is 0 Å². The minimum atomic E-state index is 0.956. The average Bonchev–Trinajstić information content (AvgIpc) is 2.23. The van der Waals surface area contributed by atoms with E-state index in [4.69, 9.17) is 0 Å². The Hall–Kier alpha value is -0.0400. The number of nitrogens with one attached hydrogen (secondary N) is 1. The van der Waals surface area contributed by atoms with Gasteiger partial charge in [-0.15, -0.1) is 0 Å². The summed E-state index contributed by atoms with van der Waals surface area (Å²) in [5.74, 6) is 2.89. The maximum Gasteiger partial charge on any atom is -0.00208 e. The van der Waals surface area contributed by atoms with E-state index in [1.54, 1.807) is 0 Å². The summed E-state index contributed by atoms with van der Waals surface area (Å²) in [6.45, 7) is 13.9. The standard InChI is InChI=1S/C8H17N.2C2H6/c1-6-4-8(5-9-3)7(6)2;2*1-2/h6-9H,4-5H2,1-3H3;2*1-2H3. The molecule has 0 radical (unpaired) electrons. The van der Waals surface area contributed by atoms with E-state index in [0.717, 1.165) is 17.8 Å². The van der Waals surface area contributed by atoms with E-state index in [9.17, 15) is 0 Å². The van der Waals surface area contributed by atoms with Gasteiger partial charge in [0.2, 0.25) is 0 Å². The Kier molecular flexibility index (Phi) is 11.9. The lowest BCUT2D eigenvalue weighted by molar-refractivity contribution is 0.104. The van der Waals surface area contributed by atoms with Crippen molar-refractivity contribution in [1.82, 2.24) is 5.32 Å². The van der Waals surface area contributed by atoms with Crippen LogP contribution in [0.5, 0.6) is 0 Å². The molecule has 1 nitrogen and oxygen atoms in total. The van der Waals surface area contributed by atoms with Crippen molar-refractivity contribution >= 4 is 0 Å². The lowest BCUT2D eigenvalue weighted by atomic mass is 9.67. The molecule has 0 aromatic carbocycles. The van der Waals surface area contributed by atoms with E-state index in [0.29, 0.717) is 0 Å². The van der Waals surface area contributed by atoms with Crippen molar-refractivity contribution in [3.05, 3.63) is 0 Å². The Labute approximate surface area is 85.3 Å². The Balaban J connectivity index is 0. The summed E-state index contributed by atoms with van der Waals surface area (Å²) >= 11 is 0. The van der Waals surface area contributed by atoms with Gasteiger partial charge in [-0.25, -0.2) is 0 Å². The zero-order valence-electron chi connectivity index (χ0n) is 10.6. The molecule has 3 atom stereocenters. The number of rotatable bonds is 2. The zero-order chi connectivity index (χ0) is 10.9. The molecule has 0 aliphatic heterocycles. The van der Waals surface area contributed by atoms with Crippen LogP contribution in [0.4, 0.5) is 0 Å². The van der Waals surface area contributed by atoms with Gasteiger partial charge in [-0.3, -0.25) is 0 Å². The van der Waals surface area contributed by atoms with Crippen LogP contribution >= 0.6 is 0 Å². The van der Waals surface area contributed by atoms with Crippen LogP contribution in [0.1, 0.15) is 48.0 Å². The van der Waals surface area contributed by atoms with Crippen LogP contribution in [0.25, 0.3) is 0 Å². The molecule has 0 bridgehead atoms. The van der Waals surface area contributed by atoms with Gasteiger partial charge in [0, 0.05) is 0 Å². The van der Waals surface area contributed by atoms with Crippen LogP contribution in [0.2, 0.25) is 0 Å². The van der Waals surface area contributed by atoms with Crippen molar-refractivity contribution in [2.45, 2.75) is 48.0 Å². The molecule has 0 aromatic rings. The summed E-state index contributed by atoms with van der Waals surface area (Å²) in [5, 5.41) is 3.22. The first-order chi connectivity index (χ1) is 6.25. The fourth-order valence-corrected chi connectivity index (χ4v) is 1.71. The molecule has 1 heteroatoms. The van der Waals surface area contributed by atoms with Gasteiger partial charge in [-0.2, -0.15) is 0 Å². The third kappa shape index (κ3) is 5.30. The quantitative estimate of drug-likeness (QED) is 0.697. The van der Waals surface area contributed by atoms with Crippen molar-refractivity contribution in [3.8, 4) is 0 Å². The normalized spacial score (nSPS) is 30.2. The van der Waals surface area contributed by atoms with Crippen molar-refractivity contribution in [2.24, 2.45) is 17.8 Å². The van der Waals surface area contributed by atoms with Crippen LogP contribution in [0.3, 0.4) is 0 Å². The first-order valence-corrected chi connectivity index (χ1v) is 5.90. The molecule has 1 rings (SSSR count). The minimum Gasteiger partial charge on any atom is -0.319 e. The molecular formula is C12H29N. The highest BCUT2D eigenvalue weighted by atomic mass is 14.8. The van der Waals surface area contributed by atoms with E-state index in [1.807, 2.05) is 34.7 Å². The van der Waals surface area contributed by atoms with Crippen molar-refractivity contribution in [3.63, 3.8) is 0 Å². The molecule has 82 valence electrons. The first-order valence-electron chi connectivity index (χ1n) is 5.90. The second-order valence-electron chi connectivity index (χ2n) is 3.39. The Morgan fingerprint density at radius 3 is 1.77 bits per heavy atom. The first kappa shape index (κ1) is 15.4. The molecule has 13 heavy (non-hydrogen) atoms. The highest BCUT2D eigenvalue weighted by Crippen LogP contribution is 2.38. The van der Waals surface area contributed by atoms with Gasteiger partial charge in [0.25, 0.3) is 0 Å². The number of hydrogen-bond donors (Lipinski definition) is 1. The smallest absolute Gasteiger partial charge is 0.00208 e. The van der Waals surface area contributed by atoms with Gasteiger partial charge in [-0.05, 0) is 37.8 Å². The molecule has 0 spiro atoms. The van der Waals surface area contributed by atoms with Crippen LogP contribution in [-0.2, 0) is 0 Å². The van der Waals surface area contributed by atoms with Gasteiger partial charge >= 0.3 is 0 Å². The second-order valence-corrected chi connectivity index (χ2v) is 3.39. The Morgan fingerprint density at radius 1 is 1.08 bits per heavy atom. The van der Waals surface area contributed by atoms with Crippen LogP contribution in [0.15, 0.2) is 0 Å². The fourth-order valence-electron chi connectivity index (χ4n) is 1.71. The van der Waals surface area contributed by atoms with E-state index in [1.165, 1.54) is 13.0 Å². The Morgan fingerprint density at radius 2 is 1.54 bits per heavy atom. The number of hydrogen-bond acceptors (Lipinski definition) is 1. The van der Waals surface area contributed by atoms with Crippen LogP contribution in [0, 0.1) is 17.8 Å². The van der Waals surface area contributed by atoms with E-state index >= 15 is 0 Å². The molecule has 0 amide bonds. The Bertz CT molecular complexity index is 89.1. The highest BCUT2D eigenvalue weighted by Gasteiger charge is 2.33. The topological polar surface area (TPSA) is 12.0 Å². The molecule has 1 aliphatic carbocycles. The largest absolute Gasteiger partial charge is 0.319 e. The third-order valence-corrected chi connectivity index (χ3v) is 2.78. The molecule has 1 saturated carbocycles. The minimum absolute atomic E-state index is 0.956. The molecule has 0 heterocycles. The molecule has 3 unspecified atom stereocenters. The SMILES string of the molecule is CC.CC.CNCC1CC(C)C1C. The van der Waals surface area contributed by atoms with Crippen LogP contribution < -0.4 is 5.32 Å². The fraction of sp³-hybridized carbons (Fsp3) is 1.00. The second kappa shape index (κ2) is 10.0. The predicted molar refractivity (Wildman–Crippen MR) is 63.1 cm³/mol. The maximum absolute atomic E-state index is 3.22. The summed E-state index contributed by atoms with van der Waals surface area (Å²) < 4.78 is 0. The summed E-state index contributed by atoms with van der Waals surface area (Å²) in [6.07, 6.45) is 1.43. The molecule has 1 aliphatic rings. The molecular weight excluding hydrogens is 158 g/mol. The van der Waals surface area contributed by atoms with Crippen LogP contribution in [-0.4, -0.2) is 13.6 Å². The summed E-state index contributed by atoms with van der Waals surface area (Å²) in [7, 11) is 2.04. The summed E-state index contributed by atoms with van der Waals surface area (Å²) in [4.78, 5) is 0. The maximum atomic E-state index is 3.22. The lowest BCUT2D eigenvalue weighted by Crippen LogP contribution is -2.38.